The number of methoxy groups -OCH3 is 1. The second-order valence-electron chi connectivity index (χ2n) is 4.90. The van der Waals surface area contributed by atoms with Gasteiger partial charge in [0.15, 0.2) is 0 Å². The fourth-order valence-corrected chi connectivity index (χ4v) is 1.91. The summed E-state index contributed by atoms with van der Waals surface area (Å²) >= 11 is 0. The quantitative estimate of drug-likeness (QED) is 0.794. The van der Waals surface area contributed by atoms with E-state index in [9.17, 15) is 4.79 Å². The minimum absolute atomic E-state index is 0.140. The van der Waals surface area contributed by atoms with Gasteiger partial charge in [0.1, 0.15) is 5.69 Å². The van der Waals surface area contributed by atoms with Crippen LogP contribution in [0.2, 0.25) is 0 Å². The van der Waals surface area contributed by atoms with E-state index < -0.39 is 0 Å². The van der Waals surface area contributed by atoms with Crippen LogP contribution in [-0.2, 0) is 4.74 Å². The Balaban J connectivity index is 1.83. The van der Waals surface area contributed by atoms with E-state index >= 15 is 0 Å². The van der Waals surface area contributed by atoms with Crippen LogP contribution in [0.25, 0.3) is 0 Å². The van der Waals surface area contributed by atoms with Crippen molar-refractivity contribution in [2.24, 2.45) is 5.41 Å². The van der Waals surface area contributed by atoms with Gasteiger partial charge in [-0.1, -0.05) is 0 Å². The molecule has 98 valence electrons. The molecule has 0 atom stereocenters. The first-order valence-corrected chi connectivity index (χ1v) is 6.14. The van der Waals surface area contributed by atoms with Crippen molar-refractivity contribution in [1.29, 1.82) is 0 Å². The number of ether oxygens (including phenoxy) is 1. The molecule has 5 nitrogen and oxygen atoms in total. The number of hydrogen-bond donors (Lipinski definition) is 2. The fourth-order valence-electron chi connectivity index (χ4n) is 1.91. The molecule has 0 aliphatic heterocycles. The van der Waals surface area contributed by atoms with Crippen molar-refractivity contribution in [1.82, 2.24) is 10.3 Å². The third-order valence-corrected chi connectivity index (χ3v) is 3.44. The van der Waals surface area contributed by atoms with Crippen LogP contribution in [-0.4, -0.2) is 31.2 Å². The van der Waals surface area contributed by atoms with Crippen LogP contribution >= 0.6 is 0 Å². The summed E-state index contributed by atoms with van der Waals surface area (Å²) in [6.45, 7) is 1.44. The molecule has 1 aliphatic carbocycles. The molecule has 1 heterocycles. The number of anilines is 1. The number of hydrogen-bond acceptors (Lipinski definition) is 4. The molecular formula is C13H19N3O2. The van der Waals surface area contributed by atoms with E-state index in [-0.39, 0.29) is 11.3 Å². The molecule has 1 amide bonds. The highest BCUT2D eigenvalue weighted by Crippen LogP contribution is 2.48. The van der Waals surface area contributed by atoms with Crippen LogP contribution in [0.4, 0.5) is 5.69 Å². The van der Waals surface area contributed by atoms with Crippen molar-refractivity contribution in [3.63, 3.8) is 0 Å². The lowest BCUT2D eigenvalue weighted by Gasteiger charge is -2.15. The minimum Gasteiger partial charge on any atom is -0.397 e. The summed E-state index contributed by atoms with van der Waals surface area (Å²) in [5, 5.41) is 2.93. The van der Waals surface area contributed by atoms with E-state index in [0.29, 0.717) is 17.9 Å². The molecule has 1 aliphatic rings. The van der Waals surface area contributed by atoms with Crippen LogP contribution in [0.15, 0.2) is 18.3 Å². The van der Waals surface area contributed by atoms with Gasteiger partial charge in [0.05, 0.1) is 11.9 Å². The van der Waals surface area contributed by atoms with Crippen LogP contribution in [0.5, 0.6) is 0 Å². The third kappa shape index (κ3) is 3.20. The van der Waals surface area contributed by atoms with Crippen molar-refractivity contribution >= 4 is 11.6 Å². The highest BCUT2D eigenvalue weighted by atomic mass is 16.5. The van der Waals surface area contributed by atoms with E-state index in [1.165, 1.54) is 6.20 Å². The van der Waals surface area contributed by atoms with Crippen LogP contribution in [0.3, 0.4) is 0 Å². The Morgan fingerprint density at radius 1 is 1.56 bits per heavy atom. The number of carbonyl (C=O) groups is 1. The zero-order valence-electron chi connectivity index (χ0n) is 10.6. The molecule has 18 heavy (non-hydrogen) atoms. The lowest BCUT2D eigenvalue weighted by molar-refractivity contribution is 0.0933. The van der Waals surface area contributed by atoms with Crippen molar-refractivity contribution in [3.8, 4) is 0 Å². The molecule has 5 heteroatoms. The summed E-state index contributed by atoms with van der Waals surface area (Å²) in [6, 6.07) is 3.32. The maximum absolute atomic E-state index is 11.9. The van der Waals surface area contributed by atoms with Gasteiger partial charge in [-0.15, -0.1) is 0 Å². The molecule has 1 saturated carbocycles. The Bertz CT molecular complexity index is 413. The maximum Gasteiger partial charge on any atom is 0.269 e. The van der Waals surface area contributed by atoms with Crippen molar-refractivity contribution in [2.45, 2.75) is 19.3 Å². The van der Waals surface area contributed by atoms with E-state index in [1.54, 1.807) is 19.2 Å². The average Bonchev–Trinajstić information content (AvgIpc) is 3.15. The van der Waals surface area contributed by atoms with Crippen LogP contribution in [0, 0.1) is 5.41 Å². The van der Waals surface area contributed by atoms with E-state index in [1.807, 2.05) is 0 Å². The molecule has 1 aromatic rings. The minimum atomic E-state index is -0.140. The molecule has 0 unspecified atom stereocenters. The lowest BCUT2D eigenvalue weighted by Crippen LogP contribution is -2.31. The topological polar surface area (TPSA) is 77.2 Å². The number of nitrogens with one attached hydrogen (secondary N) is 1. The van der Waals surface area contributed by atoms with Gasteiger partial charge >= 0.3 is 0 Å². The molecule has 1 fully saturated rings. The third-order valence-electron chi connectivity index (χ3n) is 3.44. The van der Waals surface area contributed by atoms with Gasteiger partial charge in [0, 0.05) is 20.3 Å². The van der Waals surface area contributed by atoms with Gasteiger partial charge in [0.25, 0.3) is 5.91 Å². The molecule has 3 N–H and O–H groups in total. The molecule has 0 aromatic carbocycles. The van der Waals surface area contributed by atoms with Gasteiger partial charge < -0.3 is 15.8 Å². The van der Waals surface area contributed by atoms with Gasteiger partial charge in [-0.05, 0) is 36.8 Å². The normalized spacial score (nSPS) is 16.3. The summed E-state index contributed by atoms with van der Waals surface area (Å²) < 4.78 is 5.08. The van der Waals surface area contributed by atoms with E-state index in [2.05, 4.69) is 10.3 Å². The summed E-state index contributed by atoms with van der Waals surface area (Å²) in [6.07, 6.45) is 4.81. The molecule has 0 bridgehead atoms. The van der Waals surface area contributed by atoms with Crippen LogP contribution < -0.4 is 11.1 Å². The Labute approximate surface area is 107 Å². The number of carbonyl (C=O) groups excluding carboxylic acids is 1. The van der Waals surface area contributed by atoms with E-state index in [0.717, 1.165) is 25.9 Å². The Hall–Kier alpha value is -1.62. The van der Waals surface area contributed by atoms with E-state index in [4.69, 9.17) is 10.5 Å². The predicted octanol–water partition coefficient (Wildman–Crippen LogP) is 1.21. The number of nitrogen functional groups attached to an aromatic ring is 1. The first-order chi connectivity index (χ1) is 8.65. The number of amides is 1. The number of nitrogens with two attached hydrogens (primary N) is 1. The molecule has 2 rings (SSSR count). The van der Waals surface area contributed by atoms with Gasteiger partial charge in [-0.25, -0.2) is 4.98 Å². The molecule has 0 saturated heterocycles. The SMILES string of the molecule is COCCC1(CNC(=O)c2ccc(N)cn2)CC1. The Morgan fingerprint density at radius 3 is 2.89 bits per heavy atom. The number of aromatic nitrogens is 1. The van der Waals surface area contributed by atoms with Gasteiger partial charge in [0.2, 0.25) is 0 Å². The molecule has 1 aromatic heterocycles. The van der Waals surface area contributed by atoms with Gasteiger partial charge in [-0.2, -0.15) is 0 Å². The number of pyridine rings is 1. The molecule has 0 radical (unpaired) electrons. The average molecular weight is 249 g/mol. The lowest BCUT2D eigenvalue weighted by atomic mass is 10.0. The fraction of sp³-hybridized carbons (Fsp3) is 0.538. The standard InChI is InChI=1S/C13H19N3O2/c1-18-7-6-13(4-5-13)9-16-12(17)11-3-2-10(14)8-15-11/h2-3,8H,4-7,9,14H2,1H3,(H,16,17). The van der Waals surface area contributed by atoms with Crippen LogP contribution in [0.1, 0.15) is 29.8 Å². The van der Waals surface area contributed by atoms with Crippen molar-refractivity contribution in [2.75, 3.05) is 26.0 Å². The Kier molecular flexibility index (Phi) is 3.81. The first-order valence-electron chi connectivity index (χ1n) is 6.14. The summed E-state index contributed by atoms with van der Waals surface area (Å²) in [5.41, 5.74) is 6.75. The smallest absolute Gasteiger partial charge is 0.269 e. The first kappa shape index (κ1) is 12.8. The molecular weight excluding hydrogens is 230 g/mol. The monoisotopic (exact) mass is 249 g/mol. The summed E-state index contributed by atoms with van der Waals surface area (Å²) in [5.74, 6) is -0.140. The summed E-state index contributed by atoms with van der Waals surface area (Å²) in [7, 11) is 1.70. The maximum atomic E-state index is 11.9. The summed E-state index contributed by atoms with van der Waals surface area (Å²) in [4.78, 5) is 15.9. The number of nitrogens with zero attached hydrogens (tertiary/aromatic N) is 1. The molecule has 0 spiro atoms. The highest BCUT2D eigenvalue weighted by molar-refractivity contribution is 5.92. The predicted molar refractivity (Wildman–Crippen MR) is 69.1 cm³/mol. The number of rotatable bonds is 6. The zero-order chi connectivity index (χ0) is 13.0. The second kappa shape index (κ2) is 5.35. The largest absolute Gasteiger partial charge is 0.397 e. The highest BCUT2D eigenvalue weighted by Gasteiger charge is 2.42. The Morgan fingerprint density at radius 2 is 2.33 bits per heavy atom. The van der Waals surface area contributed by atoms with Gasteiger partial charge in [-0.3, -0.25) is 4.79 Å². The van der Waals surface area contributed by atoms with Crippen molar-refractivity contribution < 1.29 is 9.53 Å². The zero-order valence-corrected chi connectivity index (χ0v) is 10.6. The second-order valence-corrected chi connectivity index (χ2v) is 4.90. The van der Waals surface area contributed by atoms with Crippen molar-refractivity contribution in [3.05, 3.63) is 24.0 Å².